The lowest BCUT2D eigenvalue weighted by Gasteiger charge is -2.62. The number of carbonyl (C=O) groups is 1. The highest BCUT2D eigenvalue weighted by Gasteiger charge is 2.60. The van der Waals surface area contributed by atoms with Gasteiger partial charge >= 0.3 is 0 Å². The van der Waals surface area contributed by atoms with Crippen LogP contribution in [0.2, 0.25) is 0 Å². The Balaban J connectivity index is 1.80. The van der Waals surface area contributed by atoms with Gasteiger partial charge in [0.1, 0.15) is 5.75 Å². The Hall–Kier alpha value is -1.55. The SMILES string of the molecule is CC1(C)C(N)C(C)(C)C1NC(=O)CCOc1ccccc1. The summed E-state index contributed by atoms with van der Waals surface area (Å²) in [6.45, 7) is 8.81. The van der Waals surface area contributed by atoms with Gasteiger partial charge in [0, 0.05) is 22.9 Å². The molecule has 4 heteroatoms. The third kappa shape index (κ3) is 3.05. The van der Waals surface area contributed by atoms with E-state index in [2.05, 4.69) is 33.0 Å². The number of nitrogens with one attached hydrogen (secondary N) is 1. The van der Waals surface area contributed by atoms with Crippen molar-refractivity contribution >= 4 is 5.91 Å². The Morgan fingerprint density at radius 3 is 2.33 bits per heavy atom. The molecule has 0 aliphatic heterocycles. The van der Waals surface area contributed by atoms with Crippen LogP contribution in [-0.4, -0.2) is 24.6 Å². The molecule has 0 heterocycles. The first kappa shape index (κ1) is 15.8. The normalized spacial score (nSPS) is 25.8. The van der Waals surface area contributed by atoms with Gasteiger partial charge in [-0.25, -0.2) is 0 Å². The molecular weight excluding hydrogens is 264 g/mol. The molecule has 0 atom stereocenters. The van der Waals surface area contributed by atoms with Gasteiger partial charge in [-0.3, -0.25) is 4.79 Å². The van der Waals surface area contributed by atoms with Crippen LogP contribution in [0.4, 0.5) is 0 Å². The fraction of sp³-hybridized carbons (Fsp3) is 0.588. The first-order valence-corrected chi connectivity index (χ1v) is 7.49. The zero-order valence-corrected chi connectivity index (χ0v) is 13.3. The molecule has 1 saturated carbocycles. The summed E-state index contributed by atoms with van der Waals surface area (Å²) in [5.74, 6) is 0.806. The molecule has 2 rings (SSSR count). The summed E-state index contributed by atoms with van der Waals surface area (Å²) in [6, 6.07) is 9.72. The molecule has 0 radical (unpaired) electrons. The van der Waals surface area contributed by atoms with Crippen molar-refractivity contribution in [2.45, 2.75) is 46.2 Å². The maximum absolute atomic E-state index is 12.1. The number of hydrogen-bond acceptors (Lipinski definition) is 3. The fourth-order valence-electron chi connectivity index (χ4n) is 3.56. The van der Waals surface area contributed by atoms with Gasteiger partial charge in [-0.05, 0) is 12.1 Å². The lowest BCUT2D eigenvalue weighted by atomic mass is 9.48. The number of hydrogen-bond donors (Lipinski definition) is 2. The molecule has 116 valence electrons. The molecule has 0 bridgehead atoms. The number of carbonyl (C=O) groups excluding carboxylic acids is 1. The van der Waals surface area contributed by atoms with E-state index in [9.17, 15) is 4.79 Å². The van der Waals surface area contributed by atoms with E-state index in [0.717, 1.165) is 5.75 Å². The van der Waals surface area contributed by atoms with E-state index in [0.29, 0.717) is 13.0 Å². The first-order chi connectivity index (χ1) is 9.76. The second-order valence-electron chi connectivity index (χ2n) is 7.03. The van der Waals surface area contributed by atoms with Crippen LogP contribution >= 0.6 is 0 Å². The van der Waals surface area contributed by atoms with E-state index in [1.54, 1.807) is 0 Å². The molecule has 21 heavy (non-hydrogen) atoms. The van der Waals surface area contributed by atoms with Crippen LogP contribution in [0, 0.1) is 10.8 Å². The lowest BCUT2D eigenvalue weighted by molar-refractivity contribution is -0.132. The highest BCUT2D eigenvalue weighted by atomic mass is 16.5. The number of amides is 1. The molecule has 1 aromatic rings. The summed E-state index contributed by atoms with van der Waals surface area (Å²) in [4.78, 5) is 12.1. The minimum atomic E-state index is -0.0700. The van der Waals surface area contributed by atoms with Crippen molar-refractivity contribution in [3.8, 4) is 5.75 Å². The van der Waals surface area contributed by atoms with Crippen LogP contribution in [0.5, 0.6) is 5.75 Å². The van der Waals surface area contributed by atoms with Crippen LogP contribution in [0.3, 0.4) is 0 Å². The van der Waals surface area contributed by atoms with Crippen LogP contribution in [-0.2, 0) is 4.79 Å². The van der Waals surface area contributed by atoms with Crippen molar-refractivity contribution in [2.24, 2.45) is 16.6 Å². The predicted molar refractivity (Wildman–Crippen MR) is 84.0 cm³/mol. The minimum absolute atomic E-state index is 0.0176. The molecule has 1 aromatic carbocycles. The standard InChI is InChI=1S/C17H26N2O2/c1-16(2)14(18)17(3,4)15(16)19-13(20)10-11-21-12-8-6-5-7-9-12/h5-9,14-15H,10-11,18H2,1-4H3,(H,19,20). The van der Waals surface area contributed by atoms with Gasteiger partial charge in [0.2, 0.25) is 5.91 Å². The molecule has 0 aromatic heterocycles. The van der Waals surface area contributed by atoms with Gasteiger partial charge < -0.3 is 15.8 Å². The third-order valence-corrected chi connectivity index (χ3v) is 4.74. The Bertz CT molecular complexity index is 481. The molecule has 0 saturated heterocycles. The van der Waals surface area contributed by atoms with E-state index in [1.165, 1.54) is 0 Å². The van der Waals surface area contributed by atoms with E-state index in [-0.39, 0.29) is 28.8 Å². The van der Waals surface area contributed by atoms with Crippen LogP contribution in [0.15, 0.2) is 30.3 Å². The third-order valence-electron chi connectivity index (χ3n) is 4.74. The van der Waals surface area contributed by atoms with Gasteiger partial charge in [0.15, 0.2) is 0 Å². The van der Waals surface area contributed by atoms with E-state index < -0.39 is 0 Å². The highest BCUT2D eigenvalue weighted by Crippen LogP contribution is 2.52. The largest absolute Gasteiger partial charge is 0.493 e. The van der Waals surface area contributed by atoms with Gasteiger partial charge in [0.05, 0.1) is 13.0 Å². The number of rotatable bonds is 5. The summed E-state index contributed by atoms with van der Waals surface area (Å²) >= 11 is 0. The first-order valence-electron chi connectivity index (χ1n) is 7.49. The number of para-hydroxylation sites is 1. The van der Waals surface area contributed by atoms with Gasteiger partial charge in [0.25, 0.3) is 0 Å². The molecule has 1 fully saturated rings. The van der Waals surface area contributed by atoms with E-state index in [1.807, 2.05) is 30.3 Å². The van der Waals surface area contributed by atoms with Crippen molar-refractivity contribution in [3.63, 3.8) is 0 Å². The zero-order chi connectivity index (χ0) is 15.7. The van der Waals surface area contributed by atoms with Crippen molar-refractivity contribution in [3.05, 3.63) is 30.3 Å². The molecule has 4 nitrogen and oxygen atoms in total. The van der Waals surface area contributed by atoms with Crippen LogP contribution < -0.4 is 15.8 Å². The van der Waals surface area contributed by atoms with Crippen molar-refractivity contribution in [2.75, 3.05) is 6.61 Å². The van der Waals surface area contributed by atoms with E-state index in [4.69, 9.17) is 10.5 Å². The average Bonchev–Trinajstić information content (AvgIpc) is 2.45. The Morgan fingerprint density at radius 2 is 1.76 bits per heavy atom. The topological polar surface area (TPSA) is 64.3 Å². The predicted octanol–water partition coefficient (Wildman–Crippen LogP) is 2.33. The number of nitrogens with two attached hydrogens (primary N) is 1. The van der Waals surface area contributed by atoms with Gasteiger partial charge in [-0.15, -0.1) is 0 Å². The quantitative estimate of drug-likeness (QED) is 0.875. The van der Waals surface area contributed by atoms with Crippen LogP contribution in [0.25, 0.3) is 0 Å². The molecule has 1 aliphatic rings. The maximum atomic E-state index is 12.1. The average molecular weight is 290 g/mol. The monoisotopic (exact) mass is 290 g/mol. The number of ether oxygens (including phenoxy) is 1. The highest BCUT2D eigenvalue weighted by molar-refractivity contribution is 5.76. The second kappa shape index (κ2) is 5.68. The van der Waals surface area contributed by atoms with Gasteiger partial charge in [-0.2, -0.15) is 0 Å². The van der Waals surface area contributed by atoms with Crippen molar-refractivity contribution in [1.29, 1.82) is 0 Å². The van der Waals surface area contributed by atoms with Crippen molar-refractivity contribution < 1.29 is 9.53 Å². The van der Waals surface area contributed by atoms with E-state index >= 15 is 0 Å². The summed E-state index contributed by atoms with van der Waals surface area (Å²) in [5.41, 5.74) is 6.06. The molecule has 3 N–H and O–H groups in total. The Morgan fingerprint density at radius 1 is 1.19 bits per heavy atom. The Labute approximate surface area is 127 Å². The second-order valence-corrected chi connectivity index (χ2v) is 7.03. The van der Waals surface area contributed by atoms with Crippen LogP contribution in [0.1, 0.15) is 34.1 Å². The number of benzene rings is 1. The minimum Gasteiger partial charge on any atom is -0.493 e. The smallest absolute Gasteiger partial charge is 0.223 e. The molecular formula is C17H26N2O2. The summed E-state index contributed by atoms with van der Waals surface area (Å²) < 4.78 is 5.55. The molecule has 0 unspecified atom stereocenters. The van der Waals surface area contributed by atoms with Crippen molar-refractivity contribution in [1.82, 2.24) is 5.32 Å². The molecule has 1 amide bonds. The zero-order valence-electron chi connectivity index (χ0n) is 13.3. The molecule has 1 aliphatic carbocycles. The fourth-order valence-corrected chi connectivity index (χ4v) is 3.56. The summed E-state index contributed by atoms with van der Waals surface area (Å²) in [5, 5.41) is 3.11. The summed E-state index contributed by atoms with van der Waals surface area (Å²) in [6.07, 6.45) is 0.354. The lowest BCUT2D eigenvalue weighted by Crippen LogP contribution is -2.76. The molecule has 0 spiro atoms. The summed E-state index contributed by atoms with van der Waals surface area (Å²) in [7, 11) is 0. The van der Waals surface area contributed by atoms with Gasteiger partial charge in [-0.1, -0.05) is 45.9 Å². The Kier molecular flexibility index (Phi) is 4.28. The maximum Gasteiger partial charge on any atom is 0.223 e.